The third-order valence-electron chi connectivity index (χ3n) is 3.38. The third kappa shape index (κ3) is 2.11. The Morgan fingerprint density at radius 1 is 0.947 bits per heavy atom. The normalized spacial score (nSPS) is 21.5. The minimum absolute atomic E-state index is 0.105. The molecule has 1 atom stereocenters. The predicted octanol–water partition coefficient (Wildman–Crippen LogP) is 2.27. The van der Waals surface area contributed by atoms with E-state index in [0.29, 0.717) is 24.2 Å². The molecule has 1 heterocycles. The highest BCUT2D eigenvalue weighted by Gasteiger charge is 2.36. The maximum atomic E-state index is 10.6. The van der Waals surface area contributed by atoms with Crippen molar-refractivity contribution >= 4 is 0 Å². The van der Waals surface area contributed by atoms with E-state index >= 15 is 0 Å². The highest BCUT2D eigenvalue weighted by atomic mass is 16.6. The van der Waals surface area contributed by atoms with Crippen LogP contribution in [0.15, 0.2) is 42.5 Å². The van der Waals surface area contributed by atoms with E-state index < -0.39 is 5.79 Å². The van der Waals surface area contributed by atoms with Crippen LogP contribution in [0.5, 0.6) is 17.2 Å². The summed E-state index contributed by atoms with van der Waals surface area (Å²) in [5.41, 5.74) is 1.54. The van der Waals surface area contributed by atoms with Gasteiger partial charge in [-0.2, -0.15) is 0 Å². The van der Waals surface area contributed by atoms with Gasteiger partial charge in [0.1, 0.15) is 17.2 Å². The number of fused-ring (bicyclic) bond motifs is 1. The summed E-state index contributed by atoms with van der Waals surface area (Å²) in [5.74, 6) is -0.689. The summed E-state index contributed by atoms with van der Waals surface area (Å²) < 4.78 is 5.64. The second-order valence-electron chi connectivity index (χ2n) is 4.73. The van der Waals surface area contributed by atoms with E-state index in [2.05, 4.69) is 0 Å². The van der Waals surface area contributed by atoms with Gasteiger partial charge in [0.2, 0.25) is 5.79 Å². The second kappa shape index (κ2) is 4.17. The van der Waals surface area contributed by atoms with Crippen LogP contribution in [0.25, 0.3) is 0 Å². The summed E-state index contributed by atoms with van der Waals surface area (Å²) >= 11 is 0. The Balaban J connectivity index is 1.97. The van der Waals surface area contributed by atoms with Gasteiger partial charge < -0.3 is 20.1 Å². The molecule has 3 rings (SSSR count). The zero-order valence-electron chi connectivity index (χ0n) is 10.2. The highest BCUT2D eigenvalue weighted by molar-refractivity contribution is 5.43. The molecule has 98 valence electrons. The van der Waals surface area contributed by atoms with Crippen LogP contribution >= 0.6 is 0 Å². The van der Waals surface area contributed by atoms with Crippen LogP contribution in [-0.4, -0.2) is 15.3 Å². The molecular formula is C15H14O4. The minimum atomic E-state index is -1.42. The van der Waals surface area contributed by atoms with Crippen molar-refractivity contribution in [2.24, 2.45) is 0 Å². The summed E-state index contributed by atoms with van der Waals surface area (Å²) in [6, 6.07) is 11.2. The molecule has 0 bridgehead atoms. The average molecular weight is 258 g/mol. The van der Waals surface area contributed by atoms with Crippen molar-refractivity contribution in [2.45, 2.75) is 18.6 Å². The summed E-state index contributed by atoms with van der Waals surface area (Å²) in [4.78, 5) is 0. The van der Waals surface area contributed by atoms with E-state index in [-0.39, 0.29) is 11.5 Å². The predicted molar refractivity (Wildman–Crippen MR) is 69.1 cm³/mol. The largest absolute Gasteiger partial charge is 0.508 e. The molecule has 19 heavy (non-hydrogen) atoms. The molecule has 1 unspecified atom stereocenters. The number of aliphatic hydroxyl groups is 1. The number of rotatable bonds is 1. The fourth-order valence-corrected chi connectivity index (χ4v) is 2.31. The number of phenolic OH excluding ortho intramolecular Hbond substituents is 2. The molecule has 0 fully saturated rings. The minimum Gasteiger partial charge on any atom is -0.508 e. The van der Waals surface area contributed by atoms with Gasteiger partial charge in [0.25, 0.3) is 0 Å². The van der Waals surface area contributed by atoms with Gasteiger partial charge in [0.05, 0.1) is 0 Å². The van der Waals surface area contributed by atoms with Gasteiger partial charge in [-0.1, -0.05) is 6.07 Å². The van der Waals surface area contributed by atoms with Crippen molar-refractivity contribution < 1.29 is 20.1 Å². The van der Waals surface area contributed by atoms with E-state index in [1.54, 1.807) is 24.3 Å². The smallest absolute Gasteiger partial charge is 0.235 e. The van der Waals surface area contributed by atoms with E-state index in [0.717, 1.165) is 5.56 Å². The van der Waals surface area contributed by atoms with Crippen molar-refractivity contribution in [1.29, 1.82) is 0 Å². The molecule has 4 heteroatoms. The van der Waals surface area contributed by atoms with E-state index in [1.807, 2.05) is 0 Å². The summed E-state index contributed by atoms with van der Waals surface area (Å²) in [6.07, 6.45) is 1.09. The van der Waals surface area contributed by atoms with Crippen LogP contribution in [0.3, 0.4) is 0 Å². The van der Waals surface area contributed by atoms with Crippen LogP contribution in [-0.2, 0) is 12.2 Å². The molecule has 0 aliphatic carbocycles. The topological polar surface area (TPSA) is 69.9 Å². The molecule has 0 amide bonds. The number of hydrogen-bond acceptors (Lipinski definition) is 4. The first kappa shape index (κ1) is 11.9. The first-order chi connectivity index (χ1) is 9.07. The third-order valence-corrected chi connectivity index (χ3v) is 3.38. The van der Waals surface area contributed by atoms with Crippen LogP contribution in [0.4, 0.5) is 0 Å². The zero-order chi connectivity index (χ0) is 13.5. The maximum Gasteiger partial charge on any atom is 0.235 e. The van der Waals surface area contributed by atoms with Crippen molar-refractivity contribution in [1.82, 2.24) is 0 Å². The van der Waals surface area contributed by atoms with Gasteiger partial charge in [-0.15, -0.1) is 0 Å². The van der Waals surface area contributed by atoms with Gasteiger partial charge in [0.15, 0.2) is 0 Å². The molecule has 0 saturated carbocycles. The Hall–Kier alpha value is -2.20. The van der Waals surface area contributed by atoms with Crippen molar-refractivity contribution in [3.05, 3.63) is 53.6 Å². The number of aryl methyl sites for hydroxylation is 1. The maximum absolute atomic E-state index is 10.6. The second-order valence-corrected chi connectivity index (χ2v) is 4.73. The van der Waals surface area contributed by atoms with Gasteiger partial charge in [0, 0.05) is 18.1 Å². The molecule has 0 radical (unpaired) electrons. The lowest BCUT2D eigenvalue weighted by Crippen LogP contribution is -2.36. The van der Waals surface area contributed by atoms with Gasteiger partial charge in [-0.25, -0.2) is 0 Å². The molecular weight excluding hydrogens is 244 g/mol. The summed E-state index contributed by atoms with van der Waals surface area (Å²) in [6.45, 7) is 0. The zero-order valence-corrected chi connectivity index (χ0v) is 10.2. The summed E-state index contributed by atoms with van der Waals surface area (Å²) in [5, 5.41) is 29.3. The quantitative estimate of drug-likeness (QED) is 0.734. The van der Waals surface area contributed by atoms with Gasteiger partial charge in [-0.3, -0.25) is 0 Å². The fraction of sp³-hybridized carbons (Fsp3) is 0.200. The molecule has 4 nitrogen and oxygen atoms in total. The number of ether oxygens (including phenoxy) is 1. The molecule has 2 aromatic rings. The molecule has 2 aromatic carbocycles. The number of benzene rings is 2. The molecule has 3 N–H and O–H groups in total. The summed E-state index contributed by atoms with van der Waals surface area (Å²) in [7, 11) is 0. The Morgan fingerprint density at radius 3 is 2.37 bits per heavy atom. The molecule has 1 aliphatic rings. The van der Waals surface area contributed by atoms with E-state index in [9.17, 15) is 15.3 Å². The molecule has 1 aliphatic heterocycles. The van der Waals surface area contributed by atoms with Crippen molar-refractivity contribution in [2.75, 3.05) is 0 Å². The fourth-order valence-electron chi connectivity index (χ4n) is 2.31. The number of hydrogen-bond donors (Lipinski definition) is 3. The lowest BCUT2D eigenvalue weighted by atomic mass is 9.94. The Bertz CT molecular complexity index is 606. The van der Waals surface area contributed by atoms with Crippen LogP contribution in [0, 0.1) is 0 Å². The van der Waals surface area contributed by atoms with Crippen LogP contribution in [0.1, 0.15) is 17.5 Å². The Labute approximate surface area is 110 Å². The van der Waals surface area contributed by atoms with Crippen LogP contribution in [0.2, 0.25) is 0 Å². The highest BCUT2D eigenvalue weighted by Crippen LogP contribution is 2.39. The SMILES string of the molecule is Oc1ccc(C2(O)CCc3ccc(O)cc3O2)cc1. The lowest BCUT2D eigenvalue weighted by Gasteiger charge is -2.34. The Morgan fingerprint density at radius 2 is 1.63 bits per heavy atom. The van der Waals surface area contributed by atoms with Crippen molar-refractivity contribution in [3.63, 3.8) is 0 Å². The van der Waals surface area contributed by atoms with Gasteiger partial charge in [-0.05, 0) is 42.3 Å². The van der Waals surface area contributed by atoms with Crippen molar-refractivity contribution in [3.8, 4) is 17.2 Å². The van der Waals surface area contributed by atoms with E-state index in [4.69, 9.17) is 4.74 Å². The average Bonchev–Trinajstić information content (AvgIpc) is 2.38. The first-order valence-corrected chi connectivity index (χ1v) is 6.10. The monoisotopic (exact) mass is 258 g/mol. The van der Waals surface area contributed by atoms with Gasteiger partial charge >= 0.3 is 0 Å². The Kier molecular flexibility index (Phi) is 2.61. The molecule has 0 aromatic heterocycles. The van der Waals surface area contributed by atoms with E-state index in [1.165, 1.54) is 18.2 Å². The lowest BCUT2D eigenvalue weighted by molar-refractivity contribution is -0.158. The standard InChI is InChI=1S/C15H14O4/c16-12-5-2-11(3-6-12)15(18)8-7-10-1-4-13(17)9-14(10)19-15/h1-6,9,16-18H,7-8H2. The van der Waals surface area contributed by atoms with Crippen LogP contribution < -0.4 is 4.74 Å². The number of phenols is 2. The molecule has 0 saturated heterocycles. The number of aromatic hydroxyl groups is 2. The molecule has 0 spiro atoms. The first-order valence-electron chi connectivity index (χ1n) is 6.10.